The van der Waals surface area contributed by atoms with Crippen LogP contribution in [0.3, 0.4) is 0 Å². The molecule has 11 heteroatoms. The quantitative estimate of drug-likeness (QED) is 0.233. The van der Waals surface area contributed by atoms with Gasteiger partial charge in [0.05, 0.1) is 22.1 Å². The monoisotopic (exact) mass is 817 g/mol. The van der Waals surface area contributed by atoms with Crippen LogP contribution in [0.4, 0.5) is 0 Å². The van der Waals surface area contributed by atoms with E-state index >= 15 is 0 Å². The predicted octanol–water partition coefficient (Wildman–Crippen LogP) is 4.88. The summed E-state index contributed by atoms with van der Waals surface area (Å²) in [6.45, 7) is 4.20. The lowest BCUT2D eigenvalue weighted by Crippen LogP contribution is -2.55. The van der Waals surface area contributed by atoms with Gasteiger partial charge in [-0.3, -0.25) is 4.57 Å². The van der Waals surface area contributed by atoms with Crippen LogP contribution in [0.1, 0.15) is 11.1 Å². The summed E-state index contributed by atoms with van der Waals surface area (Å²) in [5.41, 5.74) is 20.1. The van der Waals surface area contributed by atoms with Crippen molar-refractivity contribution in [3.05, 3.63) is 157 Å². The van der Waals surface area contributed by atoms with Crippen LogP contribution >= 0.6 is 0 Å². The van der Waals surface area contributed by atoms with Crippen LogP contribution in [-0.4, -0.2) is 63.3 Å². The van der Waals surface area contributed by atoms with Crippen LogP contribution in [-0.2, 0) is 0 Å². The van der Waals surface area contributed by atoms with Crippen molar-refractivity contribution in [2.75, 3.05) is 0 Å². The van der Waals surface area contributed by atoms with Gasteiger partial charge >= 0.3 is 0 Å². The Morgan fingerprint density at radius 2 is 0.922 bits per heavy atom. The van der Waals surface area contributed by atoms with E-state index in [9.17, 15) is 0 Å². The zero-order valence-electron chi connectivity index (χ0n) is 37.0. The van der Waals surface area contributed by atoms with Crippen molar-refractivity contribution >= 4 is 132 Å². The van der Waals surface area contributed by atoms with Gasteiger partial charge in [-0.15, -0.1) is 16.4 Å². The first kappa shape index (κ1) is 38.2. The van der Waals surface area contributed by atoms with Gasteiger partial charge in [0.25, 0.3) is 0 Å². The Morgan fingerprint density at radius 1 is 0.438 bits per heavy atom. The average molecular weight is 817 g/mol. The van der Waals surface area contributed by atoms with Crippen molar-refractivity contribution in [3.8, 4) is 45.5 Å². The normalized spacial score (nSPS) is 11.9. The van der Waals surface area contributed by atoms with Crippen LogP contribution in [0, 0.1) is 13.8 Å². The van der Waals surface area contributed by atoms with E-state index in [0.29, 0.717) is 17.6 Å². The van der Waals surface area contributed by atoms with Crippen LogP contribution in [0.25, 0.3) is 111 Å². The van der Waals surface area contributed by atoms with Gasteiger partial charge < -0.3 is 8.98 Å². The number of aromatic nitrogens is 5. The number of benzene rings is 8. The Kier molecular flexibility index (Phi) is 8.51. The van der Waals surface area contributed by atoms with Gasteiger partial charge in [0.1, 0.15) is 50.4 Å². The second-order valence-electron chi connectivity index (χ2n) is 17.5. The summed E-state index contributed by atoms with van der Waals surface area (Å²) in [4.78, 5) is 15.9. The van der Waals surface area contributed by atoms with E-state index in [-0.39, 0.29) is 0 Å². The van der Waals surface area contributed by atoms with Gasteiger partial charge in [-0.2, -0.15) is 9.97 Å². The molecule has 0 bridgehead atoms. The van der Waals surface area contributed by atoms with Crippen molar-refractivity contribution in [2.24, 2.45) is 0 Å². The largest absolute Gasteiger partial charge is 0.455 e. The Labute approximate surface area is 375 Å². The highest BCUT2D eigenvalue weighted by Crippen LogP contribution is 2.44. The second-order valence-corrected chi connectivity index (χ2v) is 17.5. The Bertz CT molecular complexity index is 3830. The molecule has 0 fully saturated rings. The van der Waals surface area contributed by atoms with Crippen molar-refractivity contribution in [3.63, 3.8) is 0 Å². The van der Waals surface area contributed by atoms with Crippen molar-refractivity contribution in [2.45, 2.75) is 13.8 Å². The van der Waals surface area contributed by atoms with Gasteiger partial charge in [0.2, 0.25) is 5.95 Å². The first-order chi connectivity index (χ1) is 31.1. The highest BCUT2D eigenvalue weighted by Gasteiger charge is 2.26. The lowest BCUT2D eigenvalue weighted by atomic mass is 9.59. The van der Waals surface area contributed by atoms with E-state index in [1.165, 1.54) is 49.4 Å². The second kappa shape index (κ2) is 14.3. The van der Waals surface area contributed by atoms with Crippen molar-refractivity contribution in [1.82, 2.24) is 24.1 Å². The van der Waals surface area contributed by atoms with Crippen molar-refractivity contribution < 1.29 is 4.42 Å². The van der Waals surface area contributed by atoms with Crippen LogP contribution in [0.15, 0.2) is 150 Å². The molecule has 12 rings (SSSR count). The molecule has 0 aliphatic rings. The first-order valence-electron chi connectivity index (χ1n) is 22.0. The zero-order valence-corrected chi connectivity index (χ0v) is 37.0. The summed E-state index contributed by atoms with van der Waals surface area (Å²) < 4.78 is 11.6. The fourth-order valence-corrected chi connectivity index (χ4v) is 10.1. The molecular weight excluding hydrogens is 777 g/mol. The van der Waals surface area contributed by atoms with Crippen molar-refractivity contribution in [1.29, 1.82) is 0 Å². The lowest BCUT2D eigenvalue weighted by molar-refractivity contribution is 0.670. The lowest BCUT2D eigenvalue weighted by Gasteiger charge is -2.21. The summed E-state index contributed by atoms with van der Waals surface area (Å²) >= 11 is 0. The molecule has 8 aromatic carbocycles. The van der Waals surface area contributed by atoms with E-state index in [4.69, 9.17) is 19.4 Å². The molecule has 6 nitrogen and oxygen atoms in total. The maximum absolute atomic E-state index is 6.86. The average Bonchev–Trinajstić information content (AvgIpc) is 3.98. The molecule has 0 atom stereocenters. The molecule has 0 spiro atoms. The molecule has 298 valence electrons. The van der Waals surface area contributed by atoms with Crippen LogP contribution in [0.5, 0.6) is 0 Å². The molecule has 0 saturated carbocycles. The fourth-order valence-electron chi connectivity index (χ4n) is 10.1. The standard InChI is InChI=1S/C53H40B5N5O/c1-27-15-19-29(20-16-27)51-59-52(30-21-17-28(2)18-22-30)61-53(60-51)63-40-13-7-4-10-33(40)36-24-23-35-32-9-3-6-12-39(32)62(48(35)49(36)63)31-25-37-34-11-5-8-14-41(34)64-50(37)38(26-31)42-43(54)45(56)47(58)46(57)44(42)55/h3-26H,54-58H2,1-2H3. The molecule has 0 amide bonds. The third-order valence-corrected chi connectivity index (χ3v) is 13.9. The Morgan fingerprint density at radius 3 is 1.50 bits per heavy atom. The summed E-state index contributed by atoms with van der Waals surface area (Å²) in [7, 11) is 11.3. The first-order valence-corrected chi connectivity index (χ1v) is 22.0. The molecule has 0 saturated heterocycles. The number of hydrogen-bond donors (Lipinski definition) is 0. The maximum atomic E-state index is 6.86. The maximum Gasteiger partial charge on any atom is 0.238 e. The summed E-state index contributed by atoms with van der Waals surface area (Å²) in [5.74, 6) is 1.80. The van der Waals surface area contributed by atoms with E-state index in [1.54, 1.807) is 0 Å². The molecule has 0 radical (unpaired) electrons. The number of para-hydroxylation sites is 3. The molecule has 0 aliphatic carbocycles. The molecule has 4 heterocycles. The minimum atomic E-state index is 0.561. The molecule has 4 aromatic heterocycles. The fraction of sp³-hybridized carbons (Fsp3) is 0.0377. The minimum absolute atomic E-state index is 0.561. The number of furan rings is 1. The number of hydrogen-bond acceptors (Lipinski definition) is 4. The van der Waals surface area contributed by atoms with E-state index < -0.39 is 0 Å². The minimum Gasteiger partial charge on any atom is -0.455 e. The molecular formula is C53H40B5N5O. The number of aryl methyl sites for hydroxylation is 2. The van der Waals surface area contributed by atoms with Crippen LogP contribution in [0.2, 0.25) is 0 Å². The van der Waals surface area contributed by atoms with Gasteiger partial charge in [-0.25, -0.2) is 4.98 Å². The molecule has 0 unspecified atom stereocenters. The van der Waals surface area contributed by atoms with E-state index in [0.717, 1.165) is 82.5 Å². The predicted molar refractivity (Wildman–Crippen MR) is 282 cm³/mol. The summed E-state index contributed by atoms with van der Waals surface area (Å²) in [6.07, 6.45) is 0. The highest BCUT2D eigenvalue weighted by atomic mass is 16.3. The van der Waals surface area contributed by atoms with E-state index in [2.05, 4.69) is 208 Å². The van der Waals surface area contributed by atoms with E-state index in [1.807, 2.05) is 0 Å². The smallest absolute Gasteiger partial charge is 0.238 e. The summed E-state index contributed by atoms with van der Waals surface area (Å²) in [6, 6.07) is 51.9. The van der Waals surface area contributed by atoms with Crippen LogP contribution < -0.4 is 27.3 Å². The molecule has 0 N–H and O–H groups in total. The topological polar surface area (TPSA) is 61.7 Å². The van der Waals surface area contributed by atoms with Gasteiger partial charge in [0, 0.05) is 54.7 Å². The highest BCUT2D eigenvalue weighted by molar-refractivity contribution is 6.68. The number of rotatable bonds is 5. The SMILES string of the molecule is Bc1c(B)c(B)c(-c2cc(-n3c4ccccc4c4ccc5c6ccccc6n(-c6nc(-c7ccc(C)cc7)nc(-c7ccc(C)cc7)n6)c5c43)cc3c2oc2ccccc23)c(B)c1B. The molecule has 0 aliphatic heterocycles. The third-order valence-electron chi connectivity index (χ3n) is 13.9. The number of nitrogens with zero attached hydrogens (tertiary/aromatic N) is 5. The third kappa shape index (κ3) is 5.63. The Balaban J connectivity index is 1.25. The number of fused-ring (bicyclic) bond motifs is 10. The zero-order chi connectivity index (χ0) is 43.5. The van der Waals surface area contributed by atoms with Gasteiger partial charge in [0.15, 0.2) is 11.6 Å². The van der Waals surface area contributed by atoms with Gasteiger partial charge in [-0.1, -0.05) is 137 Å². The summed E-state index contributed by atoms with van der Waals surface area (Å²) in [5, 5.41) is 6.73. The molecule has 64 heavy (non-hydrogen) atoms. The Hall–Kier alpha value is -7.51. The van der Waals surface area contributed by atoms with Gasteiger partial charge in [-0.05, 0) is 49.7 Å². The molecule has 12 aromatic rings.